The highest BCUT2D eigenvalue weighted by atomic mass is 127. The van der Waals surface area contributed by atoms with Crippen molar-refractivity contribution in [1.82, 2.24) is 4.98 Å². The molecule has 1 heterocycles. The first kappa shape index (κ1) is 12.2. The second kappa shape index (κ2) is 5.87. The molecule has 0 amide bonds. The normalized spacial score (nSPS) is 9.33. The van der Waals surface area contributed by atoms with E-state index in [4.69, 9.17) is 0 Å². The van der Waals surface area contributed by atoms with Crippen LogP contribution < -0.4 is 3.28 Å². The van der Waals surface area contributed by atoms with E-state index in [1.54, 1.807) is 29.1 Å². The summed E-state index contributed by atoms with van der Waals surface area (Å²) in [4.78, 5) is 4.20. The molecule has 0 fully saturated rings. The average Bonchev–Trinajstić information content (AvgIpc) is 2.31. The van der Waals surface area contributed by atoms with Crippen molar-refractivity contribution in [3.05, 3.63) is 36.5 Å². The van der Waals surface area contributed by atoms with Crippen molar-refractivity contribution in [2.24, 2.45) is 0 Å². The van der Waals surface area contributed by atoms with Crippen LogP contribution in [0.1, 0.15) is 13.8 Å². The van der Waals surface area contributed by atoms with Gasteiger partial charge < -0.3 is 0 Å². The Morgan fingerprint density at radius 3 is 2.53 bits per heavy atom. The fourth-order valence-electron chi connectivity index (χ4n) is 1.24. The smallest absolute Gasteiger partial charge is 0.101 e. The highest BCUT2D eigenvalue weighted by Crippen LogP contribution is 2.25. The molecule has 15 heavy (non-hydrogen) atoms. The number of aromatic nitrogens is 1. The first-order valence-corrected chi connectivity index (χ1v) is 5.74. The molecule has 0 saturated heterocycles. The quantitative estimate of drug-likeness (QED) is 0.494. The third kappa shape index (κ3) is 2.79. The number of rotatable bonds is 1. The minimum atomic E-state index is 0.707. The SMILES string of the molecule is CC.ON(I)c1cccc2cccnc12. The highest BCUT2D eigenvalue weighted by molar-refractivity contribution is 14.1. The van der Waals surface area contributed by atoms with E-state index in [0.717, 1.165) is 14.2 Å². The van der Waals surface area contributed by atoms with Crippen LogP contribution in [0, 0.1) is 0 Å². The van der Waals surface area contributed by atoms with Crippen molar-refractivity contribution in [2.45, 2.75) is 13.8 Å². The van der Waals surface area contributed by atoms with Crippen molar-refractivity contribution in [1.29, 1.82) is 0 Å². The van der Waals surface area contributed by atoms with Crippen LogP contribution in [0.4, 0.5) is 5.69 Å². The van der Waals surface area contributed by atoms with Gasteiger partial charge in [-0.1, -0.05) is 32.0 Å². The summed E-state index contributed by atoms with van der Waals surface area (Å²) in [6.07, 6.45) is 1.71. The van der Waals surface area contributed by atoms with Gasteiger partial charge >= 0.3 is 0 Å². The predicted octanol–water partition coefficient (Wildman–Crippen LogP) is 3.81. The Hall–Kier alpha value is -0.880. The Morgan fingerprint density at radius 2 is 1.87 bits per heavy atom. The number of para-hydroxylation sites is 1. The van der Waals surface area contributed by atoms with E-state index in [1.165, 1.54) is 0 Å². The lowest BCUT2D eigenvalue weighted by atomic mass is 10.2. The van der Waals surface area contributed by atoms with E-state index in [-0.39, 0.29) is 0 Å². The summed E-state index contributed by atoms with van der Waals surface area (Å²) in [7, 11) is 0. The number of pyridine rings is 1. The topological polar surface area (TPSA) is 36.4 Å². The van der Waals surface area contributed by atoms with Crippen molar-refractivity contribution >= 4 is 39.5 Å². The van der Waals surface area contributed by atoms with Gasteiger partial charge in [-0.05, 0) is 12.1 Å². The number of anilines is 1. The third-order valence-electron chi connectivity index (χ3n) is 1.81. The van der Waals surface area contributed by atoms with Gasteiger partial charge in [0.2, 0.25) is 0 Å². The van der Waals surface area contributed by atoms with Crippen LogP contribution >= 0.6 is 22.9 Å². The van der Waals surface area contributed by atoms with Crippen molar-refractivity contribution in [2.75, 3.05) is 3.28 Å². The van der Waals surface area contributed by atoms with Gasteiger partial charge in [0.25, 0.3) is 0 Å². The summed E-state index contributed by atoms with van der Waals surface area (Å²) < 4.78 is 1.05. The number of hydrogen-bond acceptors (Lipinski definition) is 3. The summed E-state index contributed by atoms with van der Waals surface area (Å²) in [5, 5.41) is 10.3. The molecule has 0 atom stereocenters. The van der Waals surface area contributed by atoms with Crippen molar-refractivity contribution < 1.29 is 5.21 Å². The average molecular weight is 316 g/mol. The molecule has 0 aliphatic carbocycles. The molecule has 0 aliphatic heterocycles. The van der Waals surface area contributed by atoms with Gasteiger partial charge in [-0.15, -0.1) is 0 Å². The summed E-state index contributed by atoms with van der Waals surface area (Å²) >= 11 is 1.81. The molecular formula is C11H13IN2O. The van der Waals surface area contributed by atoms with Gasteiger partial charge in [-0.2, -0.15) is 3.28 Å². The first-order valence-electron chi connectivity index (χ1n) is 4.77. The lowest BCUT2D eigenvalue weighted by Gasteiger charge is -2.09. The van der Waals surface area contributed by atoms with Gasteiger partial charge in [-0.3, -0.25) is 10.2 Å². The van der Waals surface area contributed by atoms with E-state index in [1.807, 2.05) is 44.2 Å². The molecule has 1 aromatic carbocycles. The molecule has 0 bridgehead atoms. The van der Waals surface area contributed by atoms with Gasteiger partial charge in [0.15, 0.2) is 0 Å². The zero-order valence-corrected chi connectivity index (χ0v) is 10.8. The van der Waals surface area contributed by atoms with Crippen LogP contribution in [-0.2, 0) is 0 Å². The Labute approximate surface area is 103 Å². The molecule has 0 saturated carbocycles. The lowest BCUT2D eigenvalue weighted by Crippen LogP contribution is -2.01. The Morgan fingerprint density at radius 1 is 1.20 bits per heavy atom. The van der Waals surface area contributed by atoms with Gasteiger partial charge in [0.05, 0.1) is 28.4 Å². The predicted molar refractivity (Wildman–Crippen MR) is 71.4 cm³/mol. The molecule has 0 aliphatic rings. The van der Waals surface area contributed by atoms with Crippen LogP contribution in [0.2, 0.25) is 0 Å². The standard InChI is InChI=1S/C9H7IN2O.C2H6/c10-12(13)8-5-1-3-7-4-2-6-11-9(7)8;1-2/h1-6,13H;1-2H3. The molecule has 2 rings (SSSR count). The van der Waals surface area contributed by atoms with E-state index < -0.39 is 0 Å². The number of benzene rings is 1. The Kier molecular flexibility index (Phi) is 4.77. The maximum absolute atomic E-state index is 9.30. The number of hydrogen-bond donors (Lipinski definition) is 1. The van der Waals surface area contributed by atoms with E-state index in [2.05, 4.69) is 4.98 Å². The van der Waals surface area contributed by atoms with Crippen molar-refractivity contribution in [3.63, 3.8) is 0 Å². The van der Waals surface area contributed by atoms with Crippen LogP contribution in [-0.4, -0.2) is 10.2 Å². The fourth-order valence-corrected chi connectivity index (χ4v) is 1.63. The zero-order chi connectivity index (χ0) is 11.3. The monoisotopic (exact) mass is 316 g/mol. The number of halogens is 1. The molecule has 1 N–H and O–H groups in total. The summed E-state index contributed by atoms with van der Waals surface area (Å²) in [5.41, 5.74) is 1.51. The van der Waals surface area contributed by atoms with Crippen LogP contribution in [0.15, 0.2) is 36.5 Å². The molecule has 0 unspecified atom stereocenters. The largest absolute Gasteiger partial charge is 0.279 e. The number of nitrogens with zero attached hydrogens (tertiary/aromatic N) is 2. The molecule has 0 spiro atoms. The number of fused-ring (bicyclic) bond motifs is 1. The van der Waals surface area contributed by atoms with Crippen LogP contribution in [0.5, 0.6) is 0 Å². The molecule has 2 aromatic rings. The minimum Gasteiger partial charge on any atom is -0.279 e. The molecule has 80 valence electrons. The Balaban J connectivity index is 0.000000531. The summed E-state index contributed by atoms with van der Waals surface area (Å²) in [6, 6.07) is 9.52. The first-order chi connectivity index (χ1) is 7.29. The molecule has 1 aromatic heterocycles. The van der Waals surface area contributed by atoms with Gasteiger partial charge in [-0.25, -0.2) is 0 Å². The molecule has 0 radical (unpaired) electrons. The molecule has 4 heteroatoms. The molecule has 3 nitrogen and oxygen atoms in total. The van der Waals surface area contributed by atoms with E-state index in [0.29, 0.717) is 5.69 Å². The lowest BCUT2D eigenvalue weighted by molar-refractivity contribution is 0.347. The highest BCUT2D eigenvalue weighted by Gasteiger charge is 2.04. The maximum Gasteiger partial charge on any atom is 0.101 e. The molecular weight excluding hydrogens is 303 g/mol. The van der Waals surface area contributed by atoms with Crippen LogP contribution in [0.25, 0.3) is 10.9 Å². The van der Waals surface area contributed by atoms with Gasteiger partial charge in [0, 0.05) is 11.6 Å². The van der Waals surface area contributed by atoms with Crippen LogP contribution in [0.3, 0.4) is 0 Å². The summed E-state index contributed by atoms with van der Waals surface area (Å²) in [5.74, 6) is 0. The van der Waals surface area contributed by atoms with Crippen molar-refractivity contribution in [3.8, 4) is 0 Å². The van der Waals surface area contributed by atoms with E-state index in [9.17, 15) is 5.21 Å². The minimum absolute atomic E-state index is 0.707. The maximum atomic E-state index is 9.30. The third-order valence-corrected chi connectivity index (χ3v) is 2.33. The second-order valence-electron chi connectivity index (χ2n) is 2.61. The summed E-state index contributed by atoms with van der Waals surface area (Å²) in [6.45, 7) is 4.00. The second-order valence-corrected chi connectivity index (χ2v) is 3.53. The fraction of sp³-hybridized carbons (Fsp3) is 0.182. The zero-order valence-electron chi connectivity index (χ0n) is 8.68. The van der Waals surface area contributed by atoms with E-state index >= 15 is 0 Å². The Bertz CT molecular complexity index is 426. The van der Waals surface area contributed by atoms with Gasteiger partial charge in [0.1, 0.15) is 5.69 Å².